The van der Waals surface area contributed by atoms with E-state index in [0.717, 1.165) is 20.5 Å². The van der Waals surface area contributed by atoms with Crippen LogP contribution in [0.1, 0.15) is 37.4 Å². The first kappa shape index (κ1) is 19.2. The molecule has 2 heterocycles. The van der Waals surface area contributed by atoms with Crippen LogP contribution in [0.4, 0.5) is 5.00 Å². The molecule has 8 heteroatoms. The van der Waals surface area contributed by atoms with Crippen molar-refractivity contribution < 1.29 is 14.3 Å². The molecule has 0 aliphatic heterocycles. The van der Waals surface area contributed by atoms with Gasteiger partial charge in [0, 0.05) is 20.0 Å². The Morgan fingerprint density at radius 2 is 1.92 bits per heavy atom. The van der Waals surface area contributed by atoms with Crippen molar-refractivity contribution in [2.75, 3.05) is 11.9 Å². The largest absolute Gasteiger partial charge is 0.462 e. The lowest BCUT2D eigenvalue weighted by Gasteiger charge is -2.06. The molecule has 0 fully saturated rings. The third-order valence-corrected chi connectivity index (χ3v) is 6.90. The summed E-state index contributed by atoms with van der Waals surface area (Å²) >= 11 is 15.0. The number of carbonyl (C=O) groups excluding carboxylic acids is 2. The van der Waals surface area contributed by atoms with Crippen LogP contribution in [0, 0.1) is 13.8 Å². The van der Waals surface area contributed by atoms with Gasteiger partial charge in [-0.25, -0.2) is 4.79 Å². The number of anilines is 1. The van der Waals surface area contributed by atoms with E-state index in [9.17, 15) is 9.59 Å². The van der Waals surface area contributed by atoms with Crippen molar-refractivity contribution in [2.45, 2.75) is 20.8 Å². The highest BCUT2D eigenvalue weighted by atomic mass is 35.5. The lowest BCUT2D eigenvalue weighted by Crippen LogP contribution is -2.14. The summed E-state index contributed by atoms with van der Waals surface area (Å²) in [5.41, 5.74) is 1.20. The van der Waals surface area contributed by atoms with Gasteiger partial charge in [-0.15, -0.1) is 22.7 Å². The summed E-state index contributed by atoms with van der Waals surface area (Å²) in [6.07, 6.45) is 0. The molecule has 0 aliphatic carbocycles. The van der Waals surface area contributed by atoms with E-state index in [4.69, 9.17) is 27.9 Å². The van der Waals surface area contributed by atoms with E-state index < -0.39 is 5.97 Å². The predicted molar refractivity (Wildman–Crippen MR) is 110 cm³/mol. The molecule has 3 aromatic rings. The SMILES string of the molecule is CCOC(=O)c1c(NC(=O)c2sc3cc(Cl)ccc3c2Cl)sc(C)c1C. The van der Waals surface area contributed by atoms with Crippen molar-refractivity contribution in [3.63, 3.8) is 0 Å². The quantitative estimate of drug-likeness (QED) is 0.495. The van der Waals surface area contributed by atoms with Crippen LogP contribution in [0.5, 0.6) is 0 Å². The standard InChI is InChI=1S/C18H15Cl2NO3S2/c1-4-24-18(23)13-8(2)9(3)25-17(13)21-16(22)15-14(20)11-6-5-10(19)7-12(11)26-15/h5-7H,4H2,1-3H3,(H,21,22). The molecule has 0 aliphatic rings. The minimum absolute atomic E-state index is 0.267. The molecular weight excluding hydrogens is 413 g/mol. The van der Waals surface area contributed by atoms with Gasteiger partial charge in [-0.3, -0.25) is 4.79 Å². The van der Waals surface area contributed by atoms with Gasteiger partial charge in [0.1, 0.15) is 9.88 Å². The minimum Gasteiger partial charge on any atom is -0.462 e. The normalized spacial score (nSPS) is 11.0. The van der Waals surface area contributed by atoms with Crippen molar-refractivity contribution in [1.29, 1.82) is 0 Å². The van der Waals surface area contributed by atoms with Crippen molar-refractivity contribution >= 4 is 72.8 Å². The smallest absolute Gasteiger partial charge is 0.341 e. The van der Waals surface area contributed by atoms with Gasteiger partial charge in [-0.1, -0.05) is 29.3 Å². The number of hydrogen-bond donors (Lipinski definition) is 1. The zero-order valence-electron chi connectivity index (χ0n) is 14.2. The van der Waals surface area contributed by atoms with Crippen LogP contribution >= 0.6 is 45.9 Å². The van der Waals surface area contributed by atoms with E-state index in [1.807, 2.05) is 13.8 Å². The van der Waals surface area contributed by atoms with Gasteiger partial charge in [0.05, 0.1) is 17.2 Å². The zero-order chi connectivity index (χ0) is 19.0. The van der Waals surface area contributed by atoms with Gasteiger partial charge < -0.3 is 10.1 Å². The second-order valence-corrected chi connectivity index (χ2v) is 8.64. The van der Waals surface area contributed by atoms with E-state index in [1.54, 1.807) is 25.1 Å². The van der Waals surface area contributed by atoms with Crippen LogP contribution in [-0.4, -0.2) is 18.5 Å². The predicted octanol–water partition coefficient (Wildman–Crippen LogP) is 6.32. The maximum Gasteiger partial charge on any atom is 0.341 e. The summed E-state index contributed by atoms with van der Waals surface area (Å²) in [4.78, 5) is 26.4. The number of carbonyl (C=O) groups is 2. The maximum absolute atomic E-state index is 12.8. The Balaban J connectivity index is 1.97. The highest BCUT2D eigenvalue weighted by molar-refractivity contribution is 7.22. The highest BCUT2D eigenvalue weighted by Gasteiger charge is 2.24. The molecule has 0 saturated carbocycles. The van der Waals surface area contributed by atoms with Crippen molar-refractivity contribution in [3.05, 3.63) is 49.1 Å². The molecule has 1 aromatic carbocycles. The molecule has 0 spiro atoms. The fraction of sp³-hybridized carbons (Fsp3) is 0.222. The molecule has 1 N–H and O–H groups in total. The molecule has 0 radical (unpaired) electrons. The topological polar surface area (TPSA) is 55.4 Å². The van der Waals surface area contributed by atoms with Crippen LogP contribution in [0.25, 0.3) is 10.1 Å². The first-order valence-electron chi connectivity index (χ1n) is 7.79. The first-order chi connectivity index (χ1) is 12.3. The Morgan fingerprint density at radius 3 is 2.62 bits per heavy atom. The molecule has 0 saturated heterocycles. The average molecular weight is 428 g/mol. The number of halogens is 2. The Kier molecular flexibility index (Phi) is 5.58. The zero-order valence-corrected chi connectivity index (χ0v) is 17.4. The molecule has 3 rings (SSSR count). The number of benzene rings is 1. The summed E-state index contributed by atoms with van der Waals surface area (Å²) in [5.74, 6) is -0.807. The molecule has 2 aromatic heterocycles. The van der Waals surface area contributed by atoms with Crippen LogP contribution in [-0.2, 0) is 4.74 Å². The molecule has 0 atom stereocenters. The van der Waals surface area contributed by atoms with Crippen LogP contribution in [0.2, 0.25) is 10.0 Å². The van der Waals surface area contributed by atoms with E-state index in [-0.39, 0.29) is 12.5 Å². The van der Waals surface area contributed by atoms with Crippen molar-refractivity contribution in [3.8, 4) is 0 Å². The molecule has 1 amide bonds. The molecule has 0 bridgehead atoms. The molecule has 0 unspecified atom stereocenters. The summed E-state index contributed by atoms with van der Waals surface area (Å²) < 4.78 is 5.94. The number of aryl methyl sites for hydroxylation is 1. The number of rotatable bonds is 4. The van der Waals surface area contributed by atoms with E-state index in [0.29, 0.717) is 25.5 Å². The highest BCUT2D eigenvalue weighted by Crippen LogP contribution is 2.38. The fourth-order valence-corrected chi connectivity index (χ4v) is 5.24. The Bertz CT molecular complexity index is 1020. The number of nitrogens with one attached hydrogen (secondary N) is 1. The third-order valence-electron chi connectivity index (χ3n) is 3.89. The van der Waals surface area contributed by atoms with Crippen molar-refractivity contribution in [1.82, 2.24) is 0 Å². The summed E-state index contributed by atoms with van der Waals surface area (Å²) in [5, 5.41) is 5.01. The second-order valence-electron chi connectivity index (χ2n) is 5.55. The van der Waals surface area contributed by atoms with Gasteiger partial charge in [-0.05, 0) is 38.5 Å². The average Bonchev–Trinajstić information content (AvgIpc) is 3.04. The van der Waals surface area contributed by atoms with Gasteiger partial charge >= 0.3 is 5.97 Å². The summed E-state index contributed by atoms with van der Waals surface area (Å²) in [7, 11) is 0. The fourth-order valence-electron chi connectivity index (χ4n) is 2.51. The van der Waals surface area contributed by atoms with E-state index >= 15 is 0 Å². The lowest BCUT2D eigenvalue weighted by molar-refractivity contribution is 0.0527. The van der Waals surface area contributed by atoms with Gasteiger partial charge in [0.2, 0.25) is 0 Å². The number of ether oxygens (including phenoxy) is 1. The summed E-state index contributed by atoms with van der Waals surface area (Å²) in [6, 6.07) is 5.29. The molecular formula is C18H15Cl2NO3S2. The van der Waals surface area contributed by atoms with Gasteiger partial charge in [0.25, 0.3) is 5.91 Å². The van der Waals surface area contributed by atoms with E-state index in [2.05, 4.69) is 5.32 Å². The Labute approximate surface area is 168 Å². The number of thiophene rings is 2. The molecule has 4 nitrogen and oxygen atoms in total. The third kappa shape index (κ3) is 3.47. The molecule has 136 valence electrons. The van der Waals surface area contributed by atoms with Gasteiger partial charge in [-0.2, -0.15) is 0 Å². The lowest BCUT2D eigenvalue weighted by atomic mass is 10.1. The van der Waals surface area contributed by atoms with Crippen LogP contribution in [0.15, 0.2) is 18.2 Å². The Morgan fingerprint density at radius 1 is 1.19 bits per heavy atom. The maximum atomic E-state index is 12.8. The number of fused-ring (bicyclic) bond motifs is 1. The Hall–Kier alpha value is -1.60. The van der Waals surface area contributed by atoms with Crippen LogP contribution < -0.4 is 5.32 Å². The summed E-state index contributed by atoms with van der Waals surface area (Å²) in [6.45, 7) is 5.74. The van der Waals surface area contributed by atoms with Gasteiger partial charge in [0.15, 0.2) is 0 Å². The van der Waals surface area contributed by atoms with Crippen molar-refractivity contribution in [2.24, 2.45) is 0 Å². The number of amides is 1. The first-order valence-corrected chi connectivity index (χ1v) is 10.2. The second kappa shape index (κ2) is 7.56. The van der Waals surface area contributed by atoms with Crippen LogP contribution in [0.3, 0.4) is 0 Å². The van der Waals surface area contributed by atoms with E-state index in [1.165, 1.54) is 22.7 Å². The minimum atomic E-state index is -0.445. The number of esters is 1. The monoisotopic (exact) mass is 427 g/mol. The molecule has 26 heavy (non-hydrogen) atoms. The number of hydrogen-bond acceptors (Lipinski definition) is 5.